The molecule has 19 heavy (non-hydrogen) atoms. The Bertz CT molecular complexity index is 472. The molecule has 0 spiro atoms. The first kappa shape index (κ1) is 15.2. The highest BCUT2D eigenvalue weighted by molar-refractivity contribution is 5.95. The Balaban J connectivity index is 2.67. The highest BCUT2D eigenvalue weighted by atomic mass is 16.3. The summed E-state index contributed by atoms with van der Waals surface area (Å²) in [6.07, 6.45) is 3.07. The third kappa shape index (κ3) is 5.10. The van der Waals surface area contributed by atoms with Crippen molar-refractivity contribution in [3.05, 3.63) is 53.6 Å². The van der Waals surface area contributed by atoms with E-state index in [0.717, 1.165) is 18.1 Å². The number of hydrogen-bond donors (Lipinski definition) is 2. The molecule has 1 rings (SSSR count). The molecule has 0 radical (unpaired) electrons. The summed E-state index contributed by atoms with van der Waals surface area (Å²) >= 11 is 0. The Hall–Kier alpha value is -1.87. The average molecular weight is 260 g/mol. The van der Waals surface area contributed by atoms with Gasteiger partial charge < -0.3 is 10.2 Å². The lowest BCUT2D eigenvalue weighted by atomic mass is 10.0. The maximum absolute atomic E-state index is 11.7. The molecular formula is C16H20O3. The summed E-state index contributed by atoms with van der Waals surface area (Å²) in [5.41, 5.74) is 1.37. The van der Waals surface area contributed by atoms with Crippen LogP contribution in [0.3, 0.4) is 0 Å². The van der Waals surface area contributed by atoms with Crippen LogP contribution in [-0.4, -0.2) is 22.1 Å². The Morgan fingerprint density at radius 2 is 1.95 bits per heavy atom. The predicted octanol–water partition coefficient (Wildman–Crippen LogP) is 3.26. The van der Waals surface area contributed by atoms with E-state index >= 15 is 0 Å². The second kappa shape index (κ2) is 7.54. The van der Waals surface area contributed by atoms with E-state index in [2.05, 4.69) is 0 Å². The fourth-order valence-corrected chi connectivity index (χ4v) is 1.71. The van der Waals surface area contributed by atoms with Crippen LogP contribution in [-0.2, 0) is 4.79 Å². The molecule has 0 aromatic heterocycles. The molecule has 1 unspecified atom stereocenters. The molecule has 0 aliphatic carbocycles. The maximum atomic E-state index is 11.7. The third-order valence-electron chi connectivity index (χ3n) is 2.81. The van der Waals surface area contributed by atoms with Crippen molar-refractivity contribution < 1.29 is 15.0 Å². The normalized spacial score (nSPS) is 14.3. The van der Waals surface area contributed by atoms with Crippen LogP contribution in [0.2, 0.25) is 0 Å². The van der Waals surface area contributed by atoms with Crippen LogP contribution in [0.1, 0.15) is 32.3 Å². The van der Waals surface area contributed by atoms with Gasteiger partial charge in [-0.15, -0.1) is 0 Å². The van der Waals surface area contributed by atoms with Gasteiger partial charge in [0.25, 0.3) is 0 Å². The van der Waals surface area contributed by atoms with Gasteiger partial charge in [-0.2, -0.15) is 0 Å². The molecule has 0 saturated carbocycles. The molecule has 3 heteroatoms. The lowest BCUT2D eigenvalue weighted by molar-refractivity contribution is -0.116. The standard InChI is InChI=1S/C16H20O3/c1-3-7-12(2)15(18)10-14(17)11-16(19)13-8-5-4-6-9-13/h4-9,11,15,18-19H,3,10H2,1-2H3/b12-7+,16-11-. The highest BCUT2D eigenvalue weighted by Gasteiger charge is 2.11. The quantitative estimate of drug-likeness (QED) is 0.469. The fourth-order valence-electron chi connectivity index (χ4n) is 1.71. The van der Waals surface area contributed by atoms with Gasteiger partial charge in [-0.3, -0.25) is 4.79 Å². The average Bonchev–Trinajstić information content (AvgIpc) is 2.39. The van der Waals surface area contributed by atoms with E-state index in [1.54, 1.807) is 31.2 Å². The molecule has 0 aliphatic rings. The molecule has 0 amide bonds. The second-order valence-corrected chi connectivity index (χ2v) is 4.44. The van der Waals surface area contributed by atoms with Crippen molar-refractivity contribution in [2.45, 2.75) is 32.8 Å². The van der Waals surface area contributed by atoms with Gasteiger partial charge in [0.2, 0.25) is 0 Å². The lowest BCUT2D eigenvalue weighted by Crippen LogP contribution is -2.13. The number of carbonyl (C=O) groups is 1. The van der Waals surface area contributed by atoms with E-state index in [4.69, 9.17) is 0 Å². The summed E-state index contributed by atoms with van der Waals surface area (Å²) in [6.45, 7) is 3.77. The number of carbonyl (C=O) groups excluding carboxylic acids is 1. The first-order valence-corrected chi connectivity index (χ1v) is 6.38. The van der Waals surface area contributed by atoms with Crippen molar-refractivity contribution >= 4 is 11.5 Å². The van der Waals surface area contributed by atoms with Crippen LogP contribution in [0.4, 0.5) is 0 Å². The van der Waals surface area contributed by atoms with Crippen molar-refractivity contribution in [1.29, 1.82) is 0 Å². The zero-order valence-corrected chi connectivity index (χ0v) is 11.3. The topological polar surface area (TPSA) is 57.5 Å². The number of ketones is 1. The maximum Gasteiger partial charge on any atom is 0.162 e. The largest absolute Gasteiger partial charge is 0.507 e. The van der Waals surface area contributed by atoms with Crippen molar-refractivity contribution in [2.75, 3.05) is 0 Å². The number of aliphatic hydroxyl groups excluding tert-OH is 2. The molecule has 1 aromatic rings. The van der Waals surface area contributed by atoms with Gasteiger partial charge in [-0.1, -0.05) is 43.3 Å². The van der Waals surface area contributed by atoms with Crippen molar-refractivity contribution in [1.82, 2.24) is 0 Å². The Labute approximate surface area is 113 Å². The SMILES string of the molecule is CC/C=C(\C)C(O)CC(=O)/C=C(\O)c1ccccc1. The van der Waals surface area contributed by atoms with E-state index in [0.29, 0.717) is 5.56 Å². The third-order valence-corrected chi connectivity index (χ3v) is 2.81. The molecule has 2 N–H and O–H groups in total. The molecule has 0 saturated heterocycles. The van der Waals surface area contributed by atoms with Gasteiger partial charge in [-0.05, 0) is 18.9 Å². The number of aliphatic hydroxyl groups is 2. The first-order chi connectivity index (χ1) is 9.04. The zero-order chi connectivity index (χ0) is 14.3. The van der Waals surface area contributed by atoms with Crippen molar-refractivity contribution in [3.8, 4) is 0 Å². The Morgan fingerprint density at radius 3 is 2.53 bits per heavy atom. The summed E-state index contributed by atoms with van der Waals surface area (Å²) in [5.74, 6) is -0.368. The number of hydrogen-bond acceptors (Lipinski definition) is 3. The zero-order valence-electron chi connectivity index (χ0n) is 11.3. The Morgan fingerprint density at radius 1 is 1.32 bits per heavy atom. The molecule has 0 aliphatic heterocycles. The molecular weight excluding hydrogens is 240 g/mol. The molecule has 0 heterocycles. The number of allylic oxidation sites excluding steroid dienone is 2. The van der Waals surface area contributed by atoms with Gasteiger partial charge in [0.15, 0.2) is 5.78 Å². The monoisotopic (exact) mass is 260 g/mol. The fraction of sp³-hybridized carbons (Fsp3) is 0.312. The van der Waals surface area contributed by atoms with E-state index < -0.39 is 6.10 Å². The predicted molar refractivity (Wildman–Crippen MR) is 76.7 cm³/mol. The van der Waals surface area contributed by atoms with Crippen LogP contribution in [0.5, 0.6) is 0 Å². The van der Waals surface area contributed by atoms with E-state index in [1.165, 1.54) is 0 Å². The summed E-state index contributed by atoms with van der Waals surface area (Å²) in [5, 5.41) is 19.6. The Kier molecular flexibility index (Phi) is 6.03. The van der Waals surface area contributed by atoms with Gasteiger partial charge in [0, 0.05) is 18.1 Å². The van der Waals surface area contributed by atoms with Crippen LogP contribution in [0, 0.1) is 0 Å². The van der Waals surface area contributed by atoms with Crippen LogP contribution in [0.25, 0.3) is 5.76 Å². The highest BCUT2D eigenvalue weighted by Crippen LogP contribution is 2.13. The molecule has 3 nitrogen and oxygen atoms in total. The minimum atomic E-state index is -0.785. The molecule has 0 bridgehead atoms. The second-order valence-electron chi connectivity index (χ2n) is 4.44. The summed E-state index contributed by atoms with van der Waals surface area (Å²) in [4.78, 5) is 11.7. The van der Waals surface area contributed by atoms with Gasteiger partial charge in [0.05, 0.1) is 6.10 Å². The van der Waals surface area contributed by atoms with Crippen LogP contribution in [0.15, 0.2) is 48.1 Å². The van der Waals surface area contributed by atoms with Crippen molar-refractivity contribution in [2.24, 2.45) is 0 Å². The van der Waals surface area contributed by atoms with Crippen molar-refractivity contribution in [3.63, 3.8) is 0 Å². The minimum Gasteiger partial charge on any atom is -0.507 e. The summed E-state index contributed by atoms with van der Waals surface area (Å²) < 4.78 is 0. The van der Waals surface area contributed by atoms with Gasteiger partial charge in [-0.25, -0.2) is 0 Å². The molecule has 0 fully saturated rings. The number of benzene rings is 1. The molecule has 1 aromatic carbocycles. The number of rotatable bonds is 6. The van der Waals surface area contributed by atoms with E-state index in [9.17, 15) is 15.0 Å². The van der Waals surface area contributed by atoms with E-state index in [-0.39, 0.29) is 18.0 Å². The minimum absolute atomic E-state index is 0.0147. The van der Waals surface area contributed by atoms with E-state index in [1.807, 2.05) is 19.1 Å². The first-order valence-electron chi connectivity index (χ1n) is 6.38. The molecule has 1 atom stereocenters. The lowest BCUT2D eigenvalue weighted by Gasteiger charge is -2.09. The summed E-state index contributed by atoms with van der Waals surface area (Å²) in [6, 6.07) is 8.84. The van der Waals surface area contributed by atoms with Gasteiger partial charge in [0.1, 0.15) is 5.76 Å². The molecule has 102 valence electrons. The van der Waals surface area contributed by atoms with Crippen LogP contribution < -0.4 is 0 Å². The van der Waals surface area contributed by atoms with Gasteiger partial charge >= 0.3 is 0 Å². The smallest absolute Gasteiger partial charge is 0.162 e. The van der Waals surface area contributed by atoms with Crippen LogP contribution >= 0.6 is 0 Å². The summed E-state index contributed by atoms with van der Waals surface area (Å²) in [7, 11) is 0.